The number of ether oxygens (including phenoxy) is 2. The van der Waals surface area contributed by atoms with Crippen molar-refractivity contribution in [2.45, 2.75) is 51.4 Å². The molecule has 1 spiro atoms. The summed E-state index contributed by atoms with van der Waals surface area (Å²) in [4.78, 5) is 16.6. The van der Waals surface area contributed by atoms with Crippen LogP contribution in [0.3, 0.4) is 0 Å². The fourth-order valence-corrected chi connectivity index (χ4v) is 4.69. The quantitative estimate of drug-likeness (QED) is 0.458. The summed E-state index contributed by atoms with van der Waals surface area (Å²) in [6.45, 7) is 10.1. The van der Waals surface area contributed by atoms with Crippen molar-refractivity contribution in [1.29, 1.82) is 0 Å². The highest BCUT2D eigenvalue weighted by molar-refractivity contribution is 5.94. The molecule has 4 rings (SSSR count). The molecule has 3 N–H and O–H groups in total. The van der Waals surface area contributed by atoms with Gasteiger partial charge >= 0.3 is 0 Å². The number of hydrogen-bond acceptors (Lipinski definition) is 6. The van der Waals surface area contributed by atoms with E-state index in [1.807, 2.05) is 24.3 Å². The Morgan fingerprint density at radius 2 is 1.62 bits per heavy atom. The van der Waals surface area contributed by atoms with Gasteiger partial charge in [-0.1, -0.05) is 13.8 Å². The SMILES string of the molecule is CC1(C)COC2(CCC(N3CCN(c4ccc(C(=O)NN)cc4)CC3)CC2)OC1. The molecule has 0 radical (unpaired) electrons. The maximum Gasteiger partial charge on any atom is 0.265 e. The fourth-order valence-electron chi connectivity index (χ4n) is 4.69. The smallest absolute Gasteiger partial charge is 0.265 e. The molecule has 1 aromatic rings. The van der Waals surface area contributed by atoms with Crippen molar-refractivity contribution in [2.75, 3.05) is 44.3 Å². The second-order valence-corrected chi connectivity index (χ2v) is 9.43. The standard InChI is InChI=1S/C22H34N4O3/c1-21(2)15-28-22(29-16-21)9-7-19(8-10-22)26-13-11-25(12-14-26)18-5-3-17(4-6-18)20(27)24-23/h3-6,19H,7-16,23H2,1-2H3,(H,24,27). The van der Waals surface area contributed by atoms with Crippen molar-refractivity contribution < 1.29 is 14.3 Å². The Hall–Kier alpha value is -1.67. The monoisotopic (exact) mass is 402 g/mol. The Morgan fingerprint density at radius 3 is 2.17 bits per heavy atom. The first-order valence-corrected chi connectivity index (χ1v) is 10.8. The number of carbonyl (C=O) groups is 1. The van der Waals surface area contributed by atoms with Crippen LogP contribution in [-0.2, 0) is 9.47 Å². The van der Waals surface area contributed by atoms with Gasteiger partial charge in [-0.15, -0.1) is 0 Å². The topological polar surface area (TPSA) is 80.1 Å². The first-order chi connectivity index (χ1) is 13.9. The van der Waals surface area contributed by atoms with E-state index in [9.17, 15) is 4.79 Å². The van der Waals surface area contributed by atoms with Crippen LogP contribution in [0.1, 0.15) is 49.9 Å². The molecule has 160 valence electrons. The predicted octanol–water partition coefficient (Wildman–Crippen LogP) is 2.12. The average molecular weight is 403 g/mol. The maximum atomic E-state index is 11.6. The summed E-state index contributed by atoms with van der Waals surface area (Å²) in [6.07, 6.45) is 4.28. The molecule has 2 aliphatic heterocycles. The Morgan fingerprint density at radius 1 is 1.03 bits per heavy atom. The number of hydrogen-bond donors (Lipinski definition) is 2. The van der Waals surface area contributed by atoms with Gasteiger partial charge in [-0.2, -0.15) is 0 Å². The van der Waals surface area contributed by atoms with Crippen molar-refractivity contribution in [3.63, 3.8) is 0 Å². The molecule has 29 heavy (non-hydrogen) atoms. The molecule has 0 atom stereocenters. The molecule has 1 aromatic carbocycles. The van der Waals surface area contributed by atoms with Crippen LogP contribution in [0.25, 0.3) is 0 Å². The Labute approximate surface area is 173 Å². The zero-order valence-corrected chi connectivity index (χ0v) is 17.7. The highest BCUT2D eigenvalue weighted by atomic mass is 16.7. The van der Waals surface area contributed by atoms with E-state index in [2.05, 4.69) is 29.1 Å². The molecule has 0 unspecified atom stereocenters. The molecule has 0 bridgehead atoms. The van der Waals surface area contributed by atoms with Gasteiger partial charge in [0.1, 0.15) is 0 Å². The van der Waals surface area contributed by atoms with Crippen LogP contribution < -0.4 is 16.2 Å². The van der Waals surface area contributed by atoms with Crippen molar-refractivity contribution in [2.24, 2.45) is 11.3 Å². The highest BCUT2D eigenvalue weighted by Crippen LogP contribution is 2.40. The van der Waals surface area contributed by atoms with Crippen LogP contribution in [-0.4, -0.2) is 62.0 Å². The summed E-state index contributed by atoms with van der Waals surface area (Å²) in [5, 5.41) is 0. The van der Waals surface area contributed by atoms with E-state index >= 15 is 0 Å². The molecular formula is C22H34N4O3. The number of rotatable bonds is 3. The molecule has 2 saturated heterocycles. The summed E-state index contributed by atoms with van der Waals surface area (Å²) in [6, 6.07) is 8.29. The predicted molar refractivity (Wildman–Crippen MR) is 113 cm³/mol. The molecule has 1 saturated carbocycles. The van der Waals surface area contributed by atoms with Crippen LogP contribution in [0.15, 0.2) is 24.3 Å². The third-order valence-electron chi connectivity index (χ3n) is 6.63. The van der Waals surface area contributed by atoms with Crippen LogP contribution in [0, 0.1) is 5.41 Å². The van der Waals surface area contributed by atoms with Gasteiger partial charge in [-0.25, -0.2) is 5.84 Å². The number of amides is 1. The van der Waals surface area contributed by atoms with Gasteiger partial charge in [0.05, 0.1) is 13.2 Å². The van der Waals surface area contributed by atoms with Gasteiger partial charge in [0.15, 0.2) is 5.79 Å². The molecule has 7 nitrogen and oxygen atoms in total. The zero-order valence-electron chi connectivity index (χ0n) is 17.7. The van der Waals surface area contributed by atoms with E-state index in [0.717, 1.165) is 70.8 Å². The number of nitrogens with one attached hydrogen (secondary N) is 1. The van der Waals surface area contributed by atoms with E-state index in [1.165, 1.54) is 0 Å². The van der Waals surface area contributed by atoms with Crippen LogP contribution >= 0.6 is 0 Å². The van der Waals surface area contributed by atoms with E-state index in [0.29, 0.717) is 11.6 Å². The fraction of sp³-hybridized carbons (Fsp3) is 0.682. The van der Waals surface area contributed by atoms with E-state index in [4.69, 9.17) is 15.3 Å². The number of anilines is 1. The lowest BCUT2D eigenvalue weighted by molar-refractivity contribution is -0.312. The number of nitrogens with zero attached hydrogens (tertiary/aromatic N) is 2. The van der Waals surface area contributed by atoms with Crippen molar-refractivity contribution >= 4 is 11.6 Å². The lowest BCUT2D eigenvalue weighted by Crippen LogP contribution is -2.55. The van der Waals surface area contributed by atoms with Gasteiger partial charge in [-0.05, 0) is 37.1 Å². The lowest BCUT2D eigenvalue weighted by atomic mass is 9.86. The summed E-state index contributed by atoms with van der Waals surface area (Å²) in [5.74, 6) is 4.61. The minimum Gasteiger partial charge on any atom is -0.369 e. The van der Waals surface area contributed by atoms with Crippen LogP contribution in [0.4, 0.5) is 5.69 Å². The number of carbonyl (C=O) groups excluding carboxylic acids is 1. The van der Waals surface area contributed by atoms with E-state index in [1.54, 1.807) is 0 Å². The third kappa shape index (κ3) is 4.58. The molecule has 1 amide bonds. The van der Waals surface area contributed by atoms with Gasteiger partial charge in [0, 0.05) is 61.7 Å². The minimum absolute atomic E-state index is 0.130. The molecule has 2 heterocycles. The van der Waals surface area contributed by atoms with E-state index < -0.39 is 0 Å². The minimum atomic E-state index is -0.328. The summed E-state index contributed by atoms with van der Waals surface area (Å²) in [5.41, 5.74) is 4.04. The molecule has 1 aliphatic carbocycles. The third-order valence-corrected chi connectivity index (χ3v) is 6.63. The summed E-state index contributed by atoms with van der Waals surface area (Å²) in [7, 11) is 0. The second kappa shape index (κ2) is 8.22. The molecule has 3 fully saturated rings. The second-order valence-electron chi connectivity index (χ2n) is 9.43. The molecule has 7 heteroatoms. The first kappa shape index (κ1) is 20.6. The highest BCUT2D eigenvalue weighted by Gasteiger charge is 2.44. The Balaban J connectivity index is 1.26. The van der Waals surface area contributed by atoms with Gasteiger partial charge in [0.25, 0.3) is 5.91 Å². The van der Waals surface area contributed by atoms with Crippen molar-refractivity contribution in [3.8, 4) is 0 Å². The van der Waals surface area contributed by atoms with Crippen molar-refractivity contribution in [1.82, 2.24) is 10.3 Å². The molecule has 3 aliphatic rings. The Bertz CT molecular complexity index is 693. The van der Waals surface area contributed by atoms with Crippen LogP contribution in [0.5, 0.6) is 0 Å². The van der Waals surface area contributed by atoms with Gasteiger partial charge in [-0.3, -0.25) is 15.1 Å². The normalized spacial score (nSPS) is 25.1. The Kier molecular flexibility index (Phi) is 5.84. The van der Waals surface area contributed by atoms with Crippen molar-refractivity contribution in [3.05, 3.63) is 29.8 Å². The summed E-state index contributed by atoms with van der Waals surface area (Å²) < 4.78 is 12.4. The number of nitrogen functional groups attached to an aromatic ring is 1. The lowest BCUT2D eigenvalue weighted by Gasteiger charge is -2.49. The maximum absolute atomic E-state index is 11.6. The van der Waals surface area contributed by atoms with Gasteiger partial charge in [0.2, 0.25) is 0 Å². The van der Waals surface area contributed by atoms with Crippen LogP contribution in [0.2, 0.25) is 0 Å². The number of piperazine rings is 1. The molecule has 0 aromatic heterocycles. The molecular weight excluding hydrogens is 368 g/mol. The largest absolute Gasteiger partial charge is 0.369 e. The number of nitrogens with two attached hydrogens (primary N) is 1. The number of hydrazine groups is 1. The first-order valence-electron chi connectivity index (χ1n) is 10.8. The number of benzene rings is 1. The van der Waals surface area contributed by atoms with Gasteiger partial charge < -0.3 is 14.4 Å². The summed E-state index contributed by atoms with van der Waals surface area (Å²) >= 11 is 0. The average Bonchev–Trinajstić information content (AvgIpc) is 2.76. The zero-order chi connectivity index (χ0) is 20.5. The van der Waals surface area contributed by atoms with E-state index in [-0.39, 0.29) is 17.1 Å².